The van der Waals surface area contributed by atoms with Crippen LogP contribution in [0.5, 0.6) is 0 Å². The average molecular weight is 319 g/mol. The topological polar surface area (TPSA) is 63.1 Å². The molecule has 0 spiro atoms. The second kappa shape index (κ2) is 4.31. The van der Waals surface area contributed by atoms with E-state index in [1.807, 2.05) is 31.2 Å². The number of nitrogens with one attached hydrogen (secondary N) is 1. The minimum atomic E-state index is -0.175. The van der Waals surface area contributed by atoms with Crippen molar-refractivity contribution in [3.8, 4) is 11.4 Å². The van der Waals surface area contributed by atoms with Crippen molar-refractivity contribution in [1.82, 2.24) is 19.6 Å². The predicted octanol–water partition coefficient (Wildman–Crippen LogP) is 2.46. The lowest BCUT2D eigenvalue weighted by molar-refractivity contribution is 0.850. The van der Waals surface area contributed by atoms with Crippen LogP contribution >= 0.6 is 15.9 Å². The summed E-state index contributed by atoms with van der Waals surface area (Å²) >= 11 is 3.38. The molecule has 0 bridgehead atoms. The van der Waals surface area contributed by atoms with Crippen LogP contribution in [0.2, 0.25) is 0 Å². The van der Waals surface area contributed by atoms with Crippen molar-refractivity contribution >= 4 is 21.4 Å². The lowest BCUT2D eigenvalue weighted by atomic mass is 10.2. The molecule has 0 radical (unpaired) electrons. The molecule has 6 heteroatoms. The highest BCUT2D eigenvalue weighted by Crippen LogP contribution is 2.18. The largest absolute Gasteiger partial charge is 0.303 e. The van der Waals surface area contributed by atoms with E-state index >= 15 is 0 Å². The molecule has 0 fully saturated rings. The van der Waals surface area contributed by atoms with Crippen LogP contribution in [0, 0.1) is 13.8 Å². The van der Waals surface area contributed by atoms with Gasteiger partial charge in [-0.05, 0) is 26.0 Å². The summed E-state index contributed by atoms with van der Waals surface area (Å²) in [6, 6.07) is 7.61. The fraction of sp³-hybridized carbons (Fsp3) is 0.154. The van der Waals surface area contributed by atoms with Gasteiger partial charge in [-0.1, -0.05) is 28.1 Å². The number of aromatic amines is 1. The first-order valence-corrected chi connectivity index (χ1v) is 6.58. The zero-order valence-electron chi connectivity index (χ0n) is 10.4. The highest BCUT2D eigenvalue weighted by Gasteiger charge is 2.12. The number of aromatic nitrogens is 4. The van der Waals surface area contributed by atoms with Crippen molar-refractivity contribution in [2.75, 3.05) is 0 Å². The smallest absolute Gasteiger partial charge is 0.277 e. The predicted molar refractivity (Wildman–Crippen MR) is 76.2 cm³/mol. The zero-order chi connectivity index (χ0) is 13.6. The first kappa shape index (κ1) is 12.1. The molecule has 1 N–H and O–H groups in total. The highest BCUT2D eigenvalue weighted by atomic mass is 79.9. The van der Waals surface area contributed by atoms with E-state index < -0.39 is 0 Å². The van der Waals surface area contributed by atoms with Gasteiger partial charge in [0.25, 0.3) is 5.56 Å². The van der Waals surface area contributed by atoms with E-state index in [1.165, 1.54) is 0 Å². The van der Waals surface area contributed by atoms with Crippen LogP contribution in [0.15, 0.2) is 33.5 Å². The van der Waals surface area contributed by atoms with Gasteiger partial charge in [0.15, 0.2) is 11.3 Å². The van der Waals surface area contributed by atoms with E-state index in [0.717, 1.165) is 10.0 Å². The van der Waals surface area contributed by atoms with Crippen molar-refractivity contribution in [2.24, 2.45) is 0 Å². The third-order valence-electron chi connectivity index (χ3n) is 2.96. The van der Waals surface area contributed by atoms with Crippen molar-refractivity contribution in [2.45, 2.75) is 13.8 Å². The third-order valence-corrected chi connectivity index (χ3v) is 3.48. The van der Waals surface area contributed by atoms with Crippen LogP contribution in [0.3, 0.4) is 0 Å². The molecule has 0 aliphatic heterocycles. The molecule has 0 amide bonds. The summed E-state index contributed by atoms with van der Waals surface area (Å²) in [7, 11) is 0. The lowest BCUT2D eigenvalue weighted by Gasteiger charge is -2.02. The number of hydrogen-bond acceptors (Lipinski definition) is 3. The Balaban J connectivity index is 2.29. The van der Waals surface area contributed by atoms with Gasteiger partial charge >= 0.3 is 0 Å². The first-order valence-electron chi connectivity index (χ1n) is 5.78. The Bertz CT molecular complexity index is 817. The standard InChI is InChI=1S/C13H11BrN4O/c1-7-11-13(19)16-12(17-18(11)8(2)15-7)9-3-5-10(14)6-4-9/h3-6H,1-2H3,(H,16,17,19). The normalized spacial score (nSPS) is 11.1. The van der Waals surface area contributed by atoms with Crippen LogP contribution in [-0.2, 0) is 0 Å². The maximum atomic E-state index is 12.1. The minimum absolute atomic E-state index is 0.175. The number of benzene rings is 1. The number of aryl methyl sites for hydroxylation is 2. The van der Waals surface area contributed by atoms with E-state index in [1.54, 1.807) is 11.4 Å². The average Bonchev–Trinajstić information content (AvgIpc) is 2.66. The summed E-state index contributed by atoms with van der Waals surface area (Å²) in [5.41, 5.74) is 1.87. The van der Waals surface area contributed by atoms with Crippen molar-refractivity contribution in [3.05, 3.63) is 50.6 Å². The molecule has 0 saturated heterocycles. The van der Waals surface area contributed by atoms with Crippen LogP contribution < -0.4 is 5.56 Å². The molecule has 3 aromatic rings. The third kappa shape index (κ3) is 1.98. The summed E-state index contributed by atoms with van der Waals surface area (Å²) in [6.07, 6.45) is 0. The fourth-order valence-electron chi connectivity index (χ4n) is 2.07. The zero-order valence-corrected chi connectivity index (χ0v) is 12.0. The summed E-state index contributed by atoms with van der Waals surface area (Å²) < 4.78 is 2.57. The van der Waals surface area contributed by atoms with Gasteiger partial charge in [0, 0.05) is 10.0 Å². The van der Waals surface area contributed by atoms with E-state index in [2.05, 4.69) is 31.0 Å². The SMILES string of the molecule is Cc1nc(C)n2nc(-c3ccc(Br)cc3)[nH]c(=O)c12. The van der Waals surface area contributed by atoms with Crippen molar-refractivity contribution in [1.29, 1.82) is 0 Å². The molecule has 5 nitrogen and oxygen atoms in total. The van der Waals surface area contributed by atoms with Gasteiger partial charge in [0.1, 0.15) is 5.82 Å². The number of imidazole rings is 1. The summed E-state index contributed by atoms with van der Waals surface area (Å²) in [6.45, 7) is 3.64. The molecule has 19 heavy (non-hydrogen) atoms. The minimum Gasteiger partial charge on any atom is -0.303 e. The molecular weight excluding hydrogens is 308 g/mol. The molecule has 1 aromatic carbocycles. The van der Waals surface area contributed by atoms with Gasteiger partial charge in [-0.15, -0.1) is 5.10 Å². The van der Waals surface area contributed by atoms with Crippen LogP contribution in [0.1, 0.15) is 11.5 Å². The quantitative estimate of drug-likeness (QED) is 0.749. The number of halogens is 1. The summed E-state index contributed by atoms with van der Waals surface area (Å²) in [4.78, 5) is 19.2. The lowest BCUT2D eigenvalue weighted by Crippen LogP contribution is -2.14. The van der Waals surface area contributed by atoms with Crippen molar-refractivity contribution < 1.29 is 0 Å². The molecule has 2 heterocycles. The highest BCUT2D eigenvalue weighted by molar-refractivity contribution is 9.10. The molecule has 0 aliphatic carbocycles. The molecule has 0 saturated carbocycles. The van der Waals surface area contributed by atoms with Crippen LogP contribution in [0.25, 0.3) is 16.9 Å². The Morgan fingerprint density at radius 1 is 1.21 bits per heavy atom. The Morgan fingerprint density at radius 2 is 1.89 bits per heavy atom. The monoisotopic (exact) mass is 318 g/mol. The van der Waals surface area contributed by atoms with Crippen LogP contribution in [-0.4, -0.2) is 19.6 Å². The number of rotatable bonds is 1. The Morgan fingerprint density at radius 3 is 2.58 bits per heavy atom. The molecule has 96 valence electrons. The number of H-pyrrole nitrogens is 1. The molecule has 2 aromatic heterocycles. The van der Waals surface area contributed by atoms with Gasteiger partial charge < -0.3 is 4.98 Å². The van der Waals surface area contributed by atoms with E-state index in [4.69, 9.17) is 0 Å². The second-order valence-corrected chi connectivity index (χ2v) is 5.23. The van der Waals surface area contributed by atoms with Crippen molar-refractivity contribution in [3.63, 3.8) is 0 Å². The molecule has 3 rings (SSSR count). The van der Waals surface area contributed by atoms with Gasteiger partial charge in [-0.3, -0.25) is 4.79 Å². The molecule has 0 atom stereocenters. The molecule has 0 unspecified atom stereocenters. The molecular formula is C13H11BrN4O. The van der Waals surface area contributed by atoms with E-state index in [9.17, 15) is 4.79 Å². The number of nitrogens with zero attached hydrogens (tertiary/aromatic N) is 3. The summed E-state index contributed by atoms with van der Waals surface area (Å²) in [5.74, 6) is 1.24. The number of hydrogen-bond donors (Lipinski definition) is 1. The van der Waals surface area contributed by atoms with E-state index in [0.29, 0.717) is 22.9 Å². The second-order valence-electron chi connectivity index (χ2n) is 4.31. The van der Waals surface area contributed by atoms with Crippen LogP contribution in [0.4, 0.5) is 0 Å². The van der Waals surface area contributed by atoms with E-state index in [-0.39, 0.29) is 5.56 Å². The van der Waals surface area contributed by atoms with Gasteiger partial charge in [-0.2, -0.15) is 0 Å². The Kier molecular flexibility index (Phi) is 2.74. The number of fused-ring (bicyclic) bond motifs is 1. The Hall–Kier alpha value is -1.95. The summed E-state index contributed by atoms with van der Waals surface area (Å²) in [5, 5.41) is 4.44. The van der Waals surface area contributed by atoms with Gasteiger partial charge in [0.2, 0.25) is 0 Å². The maximum absolute atomic E-state index is 12.1. The first-order chi connectivity index (χ1) is 9.06. The molecule has 0 aliphatic rings. The maximum Gasteiger partial charge on any atom is 0.277 e. The van der Waals surface area contributed by atoms with Gasteiger partial charge in [-0.25, -0.2) is 9.50 Å². The Labute approximate surface area is 117 Å². The van der Waals surface area contributed by atoms with Gasteiger partial charge in [0.05, 0.1) is 5.69 Å². The fourth-order valence-corrected chi connectivity index (χ4v) is 2.33.